The van der Waals surface area contributed by atoms with Crippen LogP contribution in [0.3, 0.4) is 0 Å². The van der Waals surface area contributed by atoms with Crippen molar-refractivity contribution in [1.29, 1.82) is 0 Å². The van der Waals surface area contributed by atoms with Gasteiger partial charge in [-0.05, 0) is 63.8 Å². The molecule has 1 aromatic carbocycles. The Morgan fingerprint density at radius 2 is 1.76 bits per heavy atom. The molecule has 2 aromatic rings. The summed E-state index contributed by atoms with van der Waals surface area (Å²) in [6.07, 6.45) is 8.90. The Morgan fingerprint density at radius 1 is 1.09 bits per heavy atom. The number of carbonyl (C=O) groups is 3. The Morgan fingerprint density at radius 3 is 2.42 bits per heavy atom. The normalized spacial score (nSPS) is 24.7. The molecule has 1 saturated carbocycles. The highest BCUT2D eigenvalue weighted by molar-refractivity contribution is 6.05. The maximum absolute atomic E-state index is 12.9. The van der Waals surface area contributed by atoms with Crippen molar-refractivity contribution in [3.63, 3.8) is 0 Å². The van der Waals surface area contributed by atoms with Gasteiger partial charge in [-0.25, -0.2) is 4.79 Å². The van der Waals surface area contributed by atoms with Crippen molar-refractivity contribution in [2.45, 2.75) is 75.5 Å². The summed E-state index contributed by atoms with van der Waals surface area (Å²) in [6, 6.07) is 6.93. The number of rotatable bonds is 4. The van der Waals surface area contributed by atoms with Crippen LogP contribution in [-0.4, -0.2) is 69.8 Å². The molecular weight excluding hydrogens is 424 g/mol. The molecule has 10 heteroatoms. The highest BCUT2D eigenvalue weighted by Gasteiger charge is 2.39. The predicted octanol–water partition coefficient (Wildman–Crippen LogP) is 2.68. The largest absolute Gasteiger partial charge is 0.483 e. The minimum atomic E-state index is -0.250. The van der Waals surface area contributed by atoms with Gasteiger partial charge in [0.2, 0.25) is 0 Å². The summed E-state index contributed by atoms with van der Waals surface area (Å²) in [5, 5.41) is 23.9. The van der Waals surface area contributed by atoms with E-state index in [-0.39, 0.29) is 30.5 Å². The second kappa shape index (κ2) is 10.2. The number of hydrogen-bond acceptors (Lipinski definition) is 5. The second-order valence-corrected chi connectivity index (χ2v) is 9.21. The maximum atomic E-state index is 12.9. The lowest BCUT2D eigenvalue weighted by atomic mass is 9.98. The van der Waals surface area contributed by atoms with Gasteiger partial charge in [0.25, 0.3) is 12.4 Å². The molecule has 1 aromatic heterocycles. The zero-order valence-electron chi connectivity index (χ0n) is 18.8. The molecule has 2 bridgehead atoms. The van der Waals surface area contributed by atoms with Gasteiger partial charge in [-0.2, -0.15) is 5.10 Å². The number of anilines is 1. The molecule has 3 aliphatic rings. The lowest BCUT2D eigenvalue weighted by Crippen LogP contribution is -2.48. The number of H-pyrrole nitrogens is 1. The molecule has 3 fully saturated rings. The van der Waals surface area contributed by atoms with E-state index in [0.717, 1.165) is 36.6 Å². The molecular formula is C23H32N6O4. The van der Waals surface area contributed by atoms with Crippen LogP contribution in [0.15, 0.2) is 18.2 Å². The number of urea groups is 1. The number of piperidine rings is 1. The SMILES string of the molecule is CN1C2CCC1CC(NC(=O)c1n[nH]c3cc(NC(=O)NC4CCCC4)ccc13)C2.O=CO. The second-order valence-electron chi connectivity index (χ2n) is 9.21. The molecule has 2 unspecified atom stereocenters. The number of aromatic amines is 1. The third kappa shape index (κ3) is 5.27. The number of benzene rings is 1. The zero-order chi connectivity index (χ0) is 23.4. The molecule has 10 nitrogen and oxygen atoms in total. The summed E-state index contributed by atoms with van der Waals surface area (Å²) < 4.78 is 0. The summed E-state index contributed by atoms with van der Waals surface area (Å²) >= 11 is 0. The number of aromatic nitrogens is 2. The van der Waals surface area contributed by atoms with Crippen molar-refractivity contribution < 1.29 is 19.5 Å². The van der Waals surface area contributed by atoms with Gasteiger partial charge in [0.1, 0.15) is 0 Å². The Bertz CT molecular complexity index is 988. The number of carboxylic acid groups (broad SMARTS) is 1. The first-order chi connectivity index (χ1) is 16.0. The molecule has 178 valence electrons. The van der Waals surface area contributed by atoms with Crippen molar-refractivity contribution >= 4 is 35.0 Å². The van der Waals surface area contributed by atoms with Gasteiger partial charge in [0, 0.05) is 35.2 Å². The summed E-state index contributed by atoms with van der Waals surface area (Å²) in [7, 11) is 2.20. The predicted molar refractivity (Wildman–Crippen MR) is 124 cm³/mol. The van der Waals surface area contributed by atoms with Crippen LogP contribution in [0.4, 0.5) is 10.5 Å². The molecule has 33 heavy (non-hydrogen) atoms. The van der Waals surface area contributed by atoms with Crippen LogP contribution < -0.4 is 16.0 Å². The van der Waals surface area contributed by atoms with Crippen molar-refractivity contribution in [1.82, 2.24) is 25.7 Å². The molecule has 2 saturated heterocycles. The Kier molecular flexibility index (Phi) is 7.12. The number of hydrogen-bond donors (Lipinski definition) is 5. The highest BCUT2D eigenvalue weighted by atomic mass is 16.3. The minimum absolute atomic E-state index is 0.130. The van der Waals surface area contributed by atoms with E-state index >= 15 is 0 Å². The van der Waals surface area contributed by atoms with Crippen LogP contribution in [-0.2, 0) is 4.79 Å². The van der Waals surface area contributed by atoms with Crippen molar-refractivity contribution in [3.05, 3.63) is 23.9 Å². The lowest BCUT2D eigenvalue weighted by molar-refractivity contribution is -0.122. The summed E-state index contributed by atoms with van der Waals surface area (Å²) in [6.45, 7) is -0.250. The average molecular weight is 457 g/mol. The van der Waals surface area contributed by atoms with Gasteiger partial charge in [-0.15, -0.1) is 0 Å². The fourth-order valence-corrected chi connectivity index (χ4v) is 5.48. The molecule has 2 aliphatic heterocycles. The molecule has 1 aliphatic carbocycles. The van der Waals surface area contributed by atoms with E-state index in [2.05, 4.69) is 38.1 Å². The van der Waals surface area contributed by atoms with Gasteiger partial charge < -0.3 is 26.0 Å². The first-order valence-electron chi connectivity index (χ1n) is 11.6. The summed E-state index contributed by atoms with van der Waals surface area (Å²) in [5.41, 5.74) is 1.83. The van der Waals surface area contributed by atoms with Crippen molar-refractivity contribution in [3.8, 4) is 0 Å². The van der Waals surface area contributed by atoms with Gasteiger partial charge in [0.15, 0.2) is 5.69 Å². The van der Waals surface area contributed by atoms with Crippen molar-refractivity contribution in [2.75, 3.05) is 12.4 Å². The molecule has 5 N–H and O–H groups in total. The fraction of sp³-hybridized carbons (Fsp3) is 0.565. The quantitative estimate of drug-likeness (QED) is 0.448. The van der Waals surface area contributed by atoms with E-state index in [9.17, 15) is 9.59 Å². The number of nitrogens with one attached hydrogen (secondary N) is 4. The summed E-state index contributed by atoms with van der Waals surface area (Å²) in [4.78, 5) is 35.9. The molecule has 2 atom stereocenters. The molecule has 0 spiro atoms. The number of nitrogens with zero attached hydrogens (tertiary/aromatic N) is 2. The van der Waals surface area contributed by atoms with Gasteiger partial charge in [-0.1, -0.05) is 12.8 Å². The van der Waals surface area contributed by atoms with E-state index in [1.54, 1.807) is 0 Å². The highest BCUT2D eigenvalue weighted by Crippen LogP contribution is 2.34. The van der Waals surface area contributed by atoms with Crippen LogP contribution in [0.25, 0.3) is 10.9 Å². The monoisotopic (exact) mass is 456 g/mol. The lowest BCUT2D eigenvalue weighted by Gasteiger charge is -2.36. The Labute approximate surface area is 192 Å². The van der Waals surface area contributed by atoms with Gasteiger partial charge >= 0.3 is 6.03 Å². The van der Waals surface area contributed by atoms with Gasteiger partial charge in [-0.3, -0.25) is 14.7 Å². The third-order valence-corrected chi connectivity index (χ3v) is 7.16. The average Bonchev–Trinajstić information content (AvgIpc) is 3.47. The van der Waals surface area contributed by atoms with Crippen LogP contribution in [0.2, 0.25) is 0 Å². The minimum Gasteiger partial charge on any atom is -0.483 e. The fourth-order valence-electron chi connectivity index (χ4n) is 5.48. The topological polar surface area (TPSA) is 139 Å². The van der Waals surface area contributed by atoms with E-state index in [1.165, 1.54) is 25.7 Å². The van der Waals surface area contributed by atoms with Crippen LogP contribution in [0.1, 0.15) is 61.9 Å². The molecule has 3 amide bonds. The van der Waals surface area contributed by atoms with E-state index in [1.807, 2.05) is 18.2 Å². The molecule has 3 heterocycles. The Balaban J connectivity index is 0.000000821. The van der Waals surface area contributed by atoms with E-state index in [4.69, 9.17) is 9.90 Å². The standard InChI is InChI=1S/C22H30N6O2.CH2O2/c1-28-16-7-8-17(28)11-15(10-16)23-21(29)20-18-9-6-14(12-19(18)26-27-20)25-22(30)24-13-4-2-3-5-13;2-1-3/h6,9,12-13,15-17H,2-5,7-8,10-11H2,1H3,(H,23,29)(H,26,27)(H2,24,25,30);1H,(H,2,3). The molecule has 5 rings (SSSR count). The Hall–Kier alpha value is -3.14. The van der Waals surface area contributed by atoms with Gasteiger partial charge in [0.05, 0.1) is 5.52 Å². The number of carbonyl (C=O) groups excluding carboxylic acids is 2. The first kappa shape index (κ1) is 23.0. The number of fused-ring (bicyclic) bond motifs is 3. The smallest absolute Gasteiger partial charge is 0.319 e. The number of amides is 3. The van der Waals surface area contributed by atoms with Crippen molar-refractivity contribution in [2.24, 2.45) is 0 Å². The molecule has 0 radical (unpaired) electrons. The van der Waals surface area contributed by atoms with Crippen LogP contribution in [0, 0.1) is 0 Å². The zero-order valence-corrected chi connectivity index (χ0v) is 18.8. The van der Waals surface area contributed by atoms with E-state index in [0.29, 0.717) is 23.5 Å². The summed E-state index contributed by atoms with van der Waals surface area (Å²) in [5.74, 6) is -0.130. The maximum Gasteiger partial charge on any atom is 0.319 e. The van der Waals surface area contributed by atoms with Crippen LogP contribution in [0.5, 0.6) is 0 Å². The van der Waals surface area contributed by atoms with E-state index < -0.39 is 0 Å². The van der Waals surface area contributed by atoms with Crippen LogP contribution >= 0.6 is 0 Å². The first-order valence-corrected chi connectivity index (χ1v) is 11.6. The third-order valence-electron chi connectivity index (χ3n) is 7.16.